The van der Waals surface area contributed by atoms with Crippen LogP contribution in [0.4, 0.5) is 4.39 Å². The van der Waals surface area contributed by atoms with Gasteiger partial charge in [0.15, 0.2) is 6.29 Å². The lowest BCUT2D eigenvalue weighted by Crippen LogP contribution is -2.14. The van der Waals surface area contributed by atoms with Crippen molar-refractivity contribution in [3.05, 3.63) is 58.7 Å². The lowest BCUT2D eigenvalue weighted by molar-refractivity contribution is -0.103. The van der Waals surface area contributed by atoms with E-state index in [2.05, 4.69) is 53.8 Å². The van der Waals surface area contributed by atoms with E-state index in [1.54, 1.807) is 12.1 Å². The van der Waals surface area contributed by atoms with Gasteiger partial charge in [0.05, 0.1) is 12.3 Å². The first-order chi connectivity index (χ1) is 15.2. The molecular formula is C27H37FNO2Si. The van der Waals surface area contributed by atoms with Gasteiger partial charge in [-0.15, -0.1) is 0 Å². The molecule has 5 heteroatoms. The van der Waals surface area contributed by atoms with Gasteiger partial charge in [-0.25, -0.2) is 4.39 Å². The second kappa shape index (κ2) is 12.2. The number of aromatic nitrogens is 1. The zero-order valence-electron chi connectivity index (χ0n) is 20.6. The molecule has 0 saturated carbocycles. The molecule has 1 aromatic carbocycles. The Hall–Kier alpha value is -2.11. The summed E-state index contributed by atoms with van der Waals surface area (Å²) in [6.45, 7) is 15.3. The molecule has 173 valence electrons. The Labute approximate surface area is 194 Å². The highest BCUT2D eigenvalue weighted by Gasteiger charge is 2.23. The van der Waals surface area contributed by atoms with Gasteiger partial charge >= 0.3 is 0 Å². The first-order valence-corrected chi connectivity index (χ1v) is 14.0. The summed E-state index contributed by atoms with van der Waals surface area (Å²) in [7, 11) is -0.894. The zero-order chi connectivity index (χ0) is 23.8. The molecule has 0 saturated heterocycles. The lowest BCUT2D eigenvalue weighted by Gasteiger charge is -2.22. The first-order valence-electron chi connectivity index (χ1n) is 11.6. The molecule has 1 aromatic heterocycles. The van der Waals surface area contributed by atoms with Crippen LogP contribution >= 0.6 is 0 Å². The van der Waals surface area contributed by atoms with E-state index in [9.17, 15) is 9.18 Å². The molecule has 2 rings (SSSR count). The van der Waals surface area contributed by atoms with Gasteiger partial charge in [-0.1, -0.05) is 53.2 Å². The molecule has 3 nitrogen and oxygen atoms in total. The average molecular weight is 455 g/mol. The molecule has 0 N–H and O–H groups in total. The first kappa shape index (κ1) is 26.1. The van der Waals surface area contributed by atoms with Crippen LogP contribution in [0.15, 0.2) is 35.9 Å². The lowest BCUT2D eigenvalue weighted by atomic mass is 9.86. The van der Waals surface area contributed by atoms with E-state index in [-0.39, 0.29) is 17.7 Å². The second-order valence-corrected chi connectivity index (χ2v) is 11.2. The van der Waals surface area contributed by atoms with Crippen LogP contribution in [0.5, 0.6) is 0 Å². The maximum absolute atomic E-state index is 13.7. The summed E-state index contributed by atoms with van der Waals surface area (Å²) < 4.78 is 19.7. The highest BCUT2D eigenvalue weighted by molar-refractivity contribution is 6.48. The van der Waals surface area contributed by atoms with Crippen LogP contribution in [0.3, 0.4) is 0 Å². The van der Waals surface area contributed by atoms with Crippen LogP contribution in [0.25, 0.3) is 16.7 Å². The Morgan fingerprint density at radius 2 is 1.78 bits per heavy atom. The number of allylic oxidation sites excluding steroid dienone is 1. The minimum absolute atomic E-state index is 0.128. The summed E-state index contributed by atoms with van der Waals surface area (Å²) in [4.78, 5) is 17.6. The SMILES string of the molecule is CCCCC(CO[Si](C)C)=C(C=O)c1c(-c2ccc(F)cc2)cc(C(C)C)nc1C(C)C. The van der Waals surface area contributed by atoms with Gasteiger partial charge in [0.2, 0.25) is 9.04 Å². The molecule has 0 fully saturated rings. The molecule has 1 heterocycles. The Kier molecular flexibility index (Phi) is 9.98. The highest BCUT2D eigenvalue weighted by Crippen LogP contribution is 2.37. The van der Waals surface area contributed by atoms with Crippen molar-refractivity contribution in [2.75, 3.05) is 6.61 Å². The third-order valence-corrected chi connectivity index (χ3v) is 6.22. The smallest absolute Gasteiger partial charge is 0.205 e. The van der Waals surface area contributed by atoms with Crippen molar-refractivity contribution in [3.63, 3.8) is 0 Å². The Balaban J connectivity index is 2.88. The van der Waals surface area contributed by atoms with Crippen molar-refractivity contribution in [1.29, 1.82) is 0 Å². The zero-order valence-corrected chi connectivity index (χ0v) is 21.6. The third kappa shape index (κ3) is 6.69. The van der Waals surface area contributed by atoms with Gasteiger partial charge in [0.25, 0.3) is 0 Å². The summed E-state index contributed by atoms with van der Waals surface area (Å²) in [6.07, 6.45) is 3.81. The average Bonchev–Trinajstić information content (AvgIpc) is 2.75. The molecule has 2 aromatic rings. The summed E-state index contributed by atoms with van der Waals surface area (Å²) in [5, 5.41) is 0. The van der Waals surface area contributed by atoms with Gasteiger partial charge in [0.1, 0.15) is 5.82 Å². The van der Waals surface area contributed by atoms with Crippen molar-refractivity contribution in [2.45, 2.75) is 78.8 Å². The standard InChI is InChI=1S/C27H37FNO2Si/c1-8-9-10-21(17-31-32(6)7)24(16-30)26-23(20-11-13-22(28)14-12-20)15-25(18(2)3)29-27(26)19(4)5/h11-16,18-19H,8-10,17H2,1-7H3. The van der Waals surface area contributed by atoms with Crippen LogP contribution < -0.4 is 0 Å². The van der Waals surface area contributed by atoms with E-state index in [0.717, 1.165) is 59.2 Å². The predicted octanol–water partition coefficient (Wildman–Crippen LogP) is 7.54. The largest absolute Gasteiger partial charge is 0.413 e. The minimum atomic E-state index is -0.894. The maximum Gasteiger partial charge on any atom is 0.205 e. The molecule has 0 aliphatic heterocycles. The molecule has 1 radical (unpaired) electrons. The molecule has 32 heavy (non-hydrogen) atoms. The van der Waals surface area contributed by atoms with Gasteiger partial charge in [-0.05, 0) is 72.7 Å². The van der Waals surface area contributed by atoms with Crippen LogP contribution in [0.1, 0.15) is 82.7 Å². The van der Waals surface area contributed by atoms with Gasteiger partial charge in [-0.3, -0.25) is 9.78 Å². The van der Waals surface area contributed by atoms with Crippen LogP contribution in [0.2, 0.25) is 13.1 Å². The molecule has 0 spiro atoms. The summed E-state index contributed by atoms with van der Waals surface area (Å²) >= 11 is 0. The predicted molar refractivity (Wildman–Crippen MR) is 134 cm³/mol. The summed E-state index contributed by atoms with van der Waals surface area (Å²) in [6, 6.07) is 8.57. The molecule has 0 atom stereocenters. The Bertz CT molecular complexity index is 933. The Morgan fingerprint density at radius 1 is 1.12 bits per heavy atom. The highest BCUT2D eigenvalue weighted by atomic mass is 28.3. The van der Waals surface area contributed by atoms with Crippen molar-refractivity contribution in [3.8, 4) is 11.1 Å². The summed E-state index contributed by atoms with van der Waals surface area (Å²) in [5.74, 6) is 0.0853. The molecular weight excluding hydrogens is 417 g/mol. The van der Waals surface area contributed by atoms with Crippen LogP contribution in [0, 0.1) is 5.82 Å². The van der Waals surface area contributed by atoms with Gasteiger partial charge in [-0.2, -0.15) is 0 Å². The second-order valence-electron chi connectivity index (χ2n) is 9.11. The van der Waals surface area contributed by atoms with E-state index in [1.165, 1.54) is 12.1 Å². The minimum Gasteiger partial charge on any atom is -0.413 e. The van der Waals surface area contributed by atoms with Crippen molar-refractivity contribution < 1.29 is 13.6 Å². The topological polar surface area (TPSA) is 39.2 Å². The third-order valence-electron chi connectivity index (χ3n) is 5.50. The molecule has 0 aliphatic rings. The normalized spacial score (nSPS) is 12.6. The molecule has 0 bridgehead atoms. The van der Waals surface area contributed by atoms with E-state index in [0.29, 0.717) is 12.2 Å². The number of unbranched alkanes of at least 4 members (excludes halogenated alkanes) is 1. The number of halogens is 1. The van der Waals surface area contributed by atoms with E-state index < -0.39 is 9.04 Å². The number of benzene rings is 1. The number of pyridine rings is 1. The van der Waals surface area contributed by atoms with Gasteiger partial charge < -0.3 is 4.43 Å². The van der Waals surface area contributed by atoms with Gasteiger partial charge in [0, 0.05) is 16.8 Å². The van der Waals surface area contributed by atoms with E-state index in [1.807, 2.05) is 0 Å². The number of aldehydes is 1. The molecule has 0 amide bonds. The fourth-order valence-corrected chi connectivity index (χ4v) is 4.13. The molecule has 0 aliphatic carbocycles. The number of carbonyl (C=O) groups is 1. The maximum atomic E-state index is 13.7. The number of hydrogen-bond donors (Lipinski definition) is 0. The van der Waals surface area contributed by atoms with Crippen LogP contribution in [-0.4, -0.2) is 26.9 Å². The van der Waals surface area contributed by atoms with Crippen LogP contribution in [-0.2, 0) is 9.22 Å². The van der Waals surface area contributed by atoms with Crippen molar-refractivity contribution in [2.24, 2.45) is 0 Å². The number of hydrogen-bond acceptors (Lipinski definition) is 3. The fourth-order valence-electron chi connectivity index (χ4n) is 3.66. The van der Waals surface area contributed by atoms with E-state index >= 15 is 0 Å². The van der Waals surface area contributed by atoms with E-state index in [4.69, 9.17) is 9.41 Å². The Morgan fingerprint density at radius 3 is 2.28 bits per heavy atom. The number of rotatable bonds is 11. The number of carbonyl (C=O) groups excluding carboxylic acids is 1. The van der Waals surface area contributed by atoms with Crippen molar-refractivity contribution in [1.82, 2.24) is 4.98 Å². The summed E-state index contributed by atoms with van der Waals surface area (Å²) in [5.41, 5.74) is 6.26. The van der Waals surface area contributed by atoms with Crippen molar-refractivity contribution >= 4 is 20.9 Å². The molecule has 0 unspecified atom stereocenters. The number of nitrogens with zero attached hydrogens (tertiary/aromatic N) is 1. The quantitative estimate of drug-likeness (QED) is 0.200. The fraction of sp³-hybridized carbons (Fsp3) is 0.481. The monoisotopic (exact) mass is 454 g/mol.